The average molecular weight is 718 g/mol. The molecule has 0 rings (SSSR count). The Kier molecular flexibility index (Phi) is 31.8. The van der Waals surface area contributed by atoms with Gasteiger partial charge in [0.25, 0.3) is 7.82 Å². The lowest BCUT2D eigenvalue weighted by molar-refractivity contribution is -0.870. The molecule has 0 aliphatic carbocycles. The summed E-state index contributed by atoms with van der Waals surface area (Å²) in [5, 5.41) is 0. The zero-order valence-corrected chi connectivity index (χ0v) is 33.3. The van der Waals surface area contributed by atoms with Gasteiger partial charge in [-0.2, -0.15) is 0 Å². The molecule has 0 spiro atoms. The van der Waals surface area contributed by atoms with E-state index >= 15 is 0 Å². The van der Waals surface area contributed by atoms with Crippen LogP contribution in [-0.2, 0) is 32.7 Å². The molecule has 0 bridgehead atoms. The number of hydrogen-bond acceptors (Lipinski definition) is 8. The van der Waals surface area contributed by atoms with E-state index in [1.807, 2.05) is 21.1 Å². The highest BCUT2D eigenvalue weighted by Gasteiger charge is 2.21. The van der Waals surface area contributed by atoms with Crippen molar-refractivity contribution in [1.82, 2.24) is 0 Å². The molecule has 0 aromatic heterocycles. The van der Waals surface area contributed by atoms with E-state index in [0.29, 0.717) is 17.4 Å². The summed E-state index contributed by atoms with van der Waals surface area (Å²) in [6.07, 6.45) is 30.9. The topological polar surface area (TPSA) is 111 Å². The smallest absolute Gasteiger partial charge is 0.306 e. The molecule has 0 N–H and O–H groups in total. The van der Waals surface area contributed by atoms with Crippen LogP contribution in [0.15, 0.2) is 12.2 Å². The van der Waals surface area contributed by atoms with E-state index in [4.69, 9.17) is 18.5 Å². The van der Waals surface area contributed by atoms with Crippen LogP contribution in [0.5, 0.6) is 0 Å². The number of ether oxygens (including phenoxy) is 2. The third-order valence-electron chi connectivity index (χ3n) is 8.54. The molecule has 290 valence electrons. The van der Waals surface area contributed by atoms with Gasteiger partial charge in [0.05, 0.1) is 27.7 Å². The maximum atomic E-state index is 12.6. The van der Waals surface area contributed by atoms with E-state index in [9.17, 15) is 19.0 Å². The van der Waals surface area contributed by atoms with Crippen molar-refractivity contribution in [3.63, 3.8) is 0 Å². The van der Waals surface area contributed by atoms with Crippen molar-refractivity contribution in [2.24, 2.45) is 0 Å². The molecule has 0 aliphatic rings. The van der Waals surface area contributed by atoms with Gasteiger partial charge in [0.1, 0.15) is 19.8 Å². The predicted octanol–water partition coefficient (Wildman–Crippen LogP) is 10.00. The summed E-state index contributed by atoms with van der Waals surface area (Å²) in [5.74, 6) is -0.840. The number of rotatable bonds is 36. The van der Waals surface area contributed by atoms with Crippen LogP contribution in [0.3, 0.4) is 0 Å². The molecule has 0 heterocycles. The molecule has 2 atom stereocenters. The van der Waals surface area contributed by atoms with E-state index in [1.165, 1.54) is 89.9 Å². The second-order valence-corrected chi connectivity index (χ2v) is 16.1. The number of hydrogen-bond donors (Lipinski definition) is 0. The summed E-state index contributed by atoms with van der Waals surface area (Å²) in [7, 11) is 1.17. The Bertz CT molecular complexity index is 860. The molecular formula is C39H76NO8P. The predicted molar refractivity (Wildman–Crippen MR) is 199 cm³/mol. The molecule has 9 nitrogen and oxygen atoms in total. The third-order valence-corrected chi connectivity index (χ3v) is 9.50. The molecule has 0 fully saturated rings. The fourth-order valence-corrected chi connectivity index (χ4v) is 6.08. The Hall–Kier alpha value is -1.25. The maximum absolute atomic E-state index is 12.6. The van der Waals surface area contributed by atoms with Gasteiger partial charge >= 0.3 is 11.9 Å². The lowest BCUT2D eigenvalue weighted by Gasteiger charge is -2.28. The van der Waals surface area contributed by atoms with Crippen molar-refractivity contribution in [3.05, 3.63) is 12.2 Å². The summed E-state index contributed by atoms with van der Waals surface area (Å²) in [5.41, 5.74) is 0. The van der Waals surface area contributed by atoms with Crippen LogP contribution in [-0.4, -0.2) is 70.0 Å². The highest BCUT2D eigenvalue weighted by atomic mass is 31.2. The standard InChI is InChI=1S/C39H76NO8P/c1-6-8-10-12-14-16-18-20-22-24-26-28-30-32-39(42)48-37(36-47-49(43,44)46-34-33-40(3,4)5)35-45-38(41)31-29-27-25-23-21-19-17-15-13-11-9-7-2/h15,17,37H,6-14,16,18-36H2,1-5H3/b17-15+/t37-/m1/s1. The molecule has 0 saturated heterocycles. The number of phosphoric ester groups is 1. The maximum Gasteiger partial charge on any atom is 0.306 e. The fourth-order valence-electron chi connectivity index (χ4n) is 5.35. The normalized spacial score (nSPS) is 13.8. The molecule has 10 heteroatoms. The minimum absolute atomic E-state index is 0.0293. The van der Waals surface area contributed by atoms with E-state index < -0.39 is 32.5 Å². The quantitative estimate of drug-likeness (QED) is 0.0207. The first-order valence-electron chi connectivity index (χ1n) is 19.9. The lowest BCUT2D eigenvalue weighted by atomic mass is 10.0. The SMILES string of the molecule is CCCCC/C=C/CCCCCCCC(=O)OC[C@H](COP(=O)([O-])OCC[N+](C)(C)C)OC(=O)CCCCCCCCCCCCCCC. The van der Waals surface area contributed by atoms with Crippen molar-refractivity contribution >= 4 is 19.8 Å². The number of unbranched alkanes of at least 4 members (excludes halogenated alkanes) is 20. The average Bonchev–Trinajstić information content (AvgIpc) is 3.04. The molecule has 1 unspecified atom stereocenters. The van der Waals surface area contributed by atoms with E-state index in [0.717, 1.165) is 51.4 Å². The Morgan fingerprint density at radius 1 is 0.612 bits per heavy atom. The minimum atomic E-state index is -4.61. The van der Waals surface area contributed by atoms with Crippen LogP contribution < -0.4 is 4.89 Å². The zero-order chi connectivity index (χ0) is 36.5. The number of nitrogens with zero attached hydrogens (tertiary/aromatic N) is 1. The van der Waals surface area contributed by atoms with Gasteiger partial charge in [0.15, 0.2) is 6.10 Å². The van der Waals surface area contributed by atoms with Crippen LogP contribution in [0.25, 0.3) is 0 Å². The van der Waals surface area contributed by atoms with Crippen molar-refractivity contribution < 1.29 is 42.1 Å². The summed E-state index contributed by atoms with van der Waals surface area (Å²) >= 11 is 0. The number of carbonyl (C=O) groups excluding carboxylic acids is 2. The van der Waals surface area contributed by atoms with Gasteiger partial charge in [-0.1, -0.05) is 135 Å². The summed E-state index contributed by atoms with van der Waals surface area (Å²) < 4.78 is 33.8. The highest BCUT2D eigenvalue weighted by Crippen LogP contribution is 2.38. The van der Waals surface area contributed by atoms with Gasteiger partial charge < -0.3 is 27.9 Å². The Labute approximate surface area is 301 Å². The summed E-state index contributed by atoms with van der Waals surface area (Å²) in [6, 6.07) is 0. The Morgan fingerprint density at radius 3 is 1.55 bits per heavy atom. The Balaban J connectivity index is 4.42. The van der Waals surface area contributed by atoms with Crippen molar-refractivity contribution in [1.29, 1.82) is 0 Å². The summed E-state index contributed by atoms with van der Waals surface area (Å²) in [4.78, 5) is 37.3. The molecule has 0 aliphatic heterocycles. The molecule has 0 aromatic rings. The van der Waals surface area contributed by atoms with Crippen LogP contribution in [0.4, 0.5) is 0 Å². The fraction of sp³-hybridized carbons (Fsp3) is 0.897. The number of quaternary nitrogens is 1. The molecular weight excluding hydrogens is 641 g/mol. The molecule has 0 amide bonds. The number of esters is 2. The lowest BCUT2D eigenvalue weighted by Crippen LogP contribution is -2.37. The zero-order valence-electron chi connectivity index (χ0n) is 32.4. The molecule has 0 aromatic carbocycles. The molecule has 0 radical (unpaired) electrons. The van der Waals surface area contributed by atoms with Gasteiger partial charge in [-0.3, -0.25) is 14.2 Å². The van der Waals surface area contributed by atoms with Crippen LogP contribution in [0.1, 0.15) is 174 Å². The van der Waals surface area contributed by atoms with Gasteiger partial charge in [0, 0.05) is 12.8 Å². The first-order chi connectivity index (χ1) is 23.5. The number of carbonyl (C=O) groups is 2. The van der Waals surface area contributed by atoms with Gasteiger partial charge in [-0.05, 0) is 38.5 Å². The monoisotopic (exact) mass is 718 g/mol. The van der Waals surface area contributed by atoms with Gasteiger partial charge in [0.2, 0.25) is 0 Å². The highest BCUT2D eigenvalue weighted by molar-refractivity contribution is 7.45. The van der Waals surface area contributed by atoms with Crippen molar-refractivity contribution in [2.75, 3.05) is 47.5 Å². The molecule has 49 heavy (non-hydrogen) atoms. The number of likely N-dealkylation sites (N-methyl/N-ethyl adjacent to an activating group) is 1. The van der Waals surface area contributed by atoms with E-state index in [1.54, 1.807) is 0 Å². The third kappa shape index (κ3) is 36.3. The van der Waals surface area contributed by atoms with Gasteiger partial charge in [-0.25, -0.2) is 0 Å². The van der Waals surface area contributed by atoms with Crippen LogP contribution >= 0.6 is 7.82 Å². The first kappa shape index (κ1) is 47.8. The largest absolute Gasteiger partial charge is 0.756 e. The van der Waals surface area contributed by atoms with Crippen LogP contribution in [0.2, 0.25) is 0 Å². The van der Waals surface area contributed by atoms with E-state index in [-0.39, 0.29) is 26.1 Å². The van der Waals surface area contributed by atoms with Crippen LogP contribution in [0, 0.1) is 0 Å². The number of phosphoric acid groups is 1. The Morgan fingerprint density at radius 2 is 1.04 bits per heavy atom. The molecule has 0 saturated carbocycles. The number of allylic oxidation sites excluding steroid dienone is 2. The first-order valence-corrected chi connectivity index (χ1v) is 21.4. The van der Waals surface area contributed by atoms with Gasteiger partial charge in [-0.15, -0.1) is 0 Å². The minimum Gasteiger partial charge on any atom is -0.756 e. The second kappa shape index (κ2) is 32.6. The van der Waals surface area contributed by atoms with Crippen molar-refractivity contribution in [2.45, 2.75) is 180 Å². The second-order valence-electron chi connectivity index (χ2n) is 14.7. The van der Waals surface area contributed by atoms with Crippen molar-refractivity contribution in [3.8, 4) is 0 Å². The summed E-state index contributed by atoms with van der Waals surface area (Å²) in [6.45, 7) is 4.19. The van der Waals surface area contributed by atoms with E-state index in [2.05, 4.69) is 26.0 Å².